The van der Waals surface area contributed by atoms with Crippen LogP contribution < -0.4 is 5.73 Å². The first-order valence-corrected chi connectivity index (χ1v) is 6.66. The molecule has 82 valence electrons. The highest BCUT2D eigenvalue weighted by Gasteiger charge is 2.21. The van der Waals surface area contributed by atoms with Crippen molar-refractivity contribution in [2.45, 2.75) is 12.5 Å². The van der Waals surface area contributed by atoms with Gasteiger partial charge in [0.1, 0.15) is 11.1 Å². The van der Waals surface area contributed by atoms with Gasteiger partial charge in [0.2, 0.25) is 0 Å². The Bertz CT molecular complexity index is 190. The number of rotatable bonds is 5. The topological polar surface area (TPSA) is 38.5 Å². The number of thiocarbonyl (C=S) groups is 1. The van der Waals surface area contributed by atoms with Crippen LogP contribution in [0.15, 0.2) is 0 Å². The quantitative estimate of drug-likeness (QED) is 0.561. The molecular weight excluding hydrogens is 216 g/mol. The van der Waals surface area contributed by atoms with Gasteiger partial charge >= 0.3 is 0 Å². The van der Waals surface area contributed by atoms with Gasteiger partial charge in [-0.25, -0.2) is 0 Å². The Kier molecular flexibility index (Phi) is 5.77. The van der Waals surface area contributed by atoms with E-state index in [1.54, 1.807) is 0 Å². The maximum Gasteiger partial charge on any atom is 0.120 e. The zero-order valence-corrected chi connectivity index (χ0v) is 10.2. The molecule has 1 heterocycles. The SMILES string of the molecule is CSCCCN1CCOC(C(N)=S)C1. The highest BCUT2D eigenvalue weighted by Crippen LogP contribution is 2.07. The molecule has 0 aromatic rings. The first kappa shape index (κ1) is 12.2. The van der Waals surface area contributed by atoms with Crippen molar-refractivity contribution in [1.29, 1.82) is 0 Å². The largest absolute Gasteiger partial charge is 0.391 e. The Morgan fingerprint density at radius 1 is 1.71 bits per heavy atom. The van der Waals surface area contributed by atoms with Crippen LogP contribution in [-0.2, 0) is 4.74 Å². The van der Waals surface area contributed by atoms with Crippen LogP contribution in [0.3, 0.4) is 0 Å². The molecule has 5 heteroatoms. The minimum atomic E-state index is -0.0342. The lowest BCUT2D eigenvalue weighted by Gasteiger charge is -2.32. The highest BCUT2D eigenvalue weighted by atomic mass is 32.2. The van der Waals surface area contributed by atoms with Crippen LogP contribution >= 0.6 is 24.0 Å². The van der Waals surface area contributed by atoms with Crippen LogP contribution in [0.5, 0.6) is 0 Å². The van der Waals surface area contributed by atoms with E-state index >= 15 is 0 Å². The van der Waals surface area contributed by atoms with E-state index < -0.39 is 0 Å². The molecule has 1 aliphatic heterocycles. The Balaban J connectivity index is 2.22. The lowest BCUT2D eigenvalue weighted by molar-refractivity contribution is 0.00748. The Morgan fingerprint density at radius 2 is 2.50 bits per heavy atom. The van der Waals surface area contributed by atoms with Gasteiger partial charge < -0.3 is 10.5 Å². The molecule has 0 spiro atoms. The van der Waals surface area contributed by atoms with Crippen LogP contribution in [0.4, 0.5) is 0 Å². The average molecular weight is 234 g/mol. The minimum Gasteiger partial charge on any atom is -0.391 e. The maximum atomic E-state index is 5.56. The second-order valence-corrected chi connectivity index (χ2v) is 4.87. The van der Waals surface area contributed by atoms with Crippen molar-refractivity contribution in [3.8, 4) is 0 Å². The van der Waals surface area contributed by atoms with E-state index in [0.29, 0.717) is 4.99 Å². The summed E-state index contributed by atoms with van der Waals surface area (Å²) in [5.74, 6) is 1.22. The van der Waals surface area contributed by atoms with E-state index in [1.807, 2.05) is 11.8 Å². The third kappa shape index (κ3) is 4.13. The molecule has 3 nitrogen and oxygen atoms in total. The summed E-state index contributed by atoms with van der Waals surface area (Å²) in [6, 6.07) is 0. The standard InChI is InChI=1S/C9H18N2OS2/c1-14-6-2-3-11-4-5-12-8(7-11)9(10)13/h8H,2-7H2,1H3,(H2,10,13). The monoisotopic (exact) mass is 234 g/mol. The molecule has 0 radical (unpaired) electrons. The molecule has 0 aromatic heterocycles. The Morgan fingerprint density at radius 3 is 3.14 bits per heavy atom. The molecular formula is C9H18N2OS2. The Labute approximate surface area is 95.3 Å². The molecule has 14 heavy (non-hydrogen) atoms. The van der Waals surface area contributed by atoms with Gasteiger partial charge in [0.05, 0.1) is 6.61 Å². The van der Waals surface area contributed by atoms with Gasteiger partial charge in [-0.15, -0.1) is 0 Å². The summed E-state index contributed by atoms with van der Waals surface area (Å²) in [6.07, 6.45) is 3.33. The Hall–Kier alpha value is 0.160. The lowest BCUT2D eigenvalue weighted by atomic mass is 10.2. The first-order chi connectivity index (χ1) is 6.74. The summed E-state index contributed by atoms with van der Waals surface area (Å²) in [4.78, 5) is 2.86. The van der Waals surface area contributed by atoms with Gasteiger partial charge in [-0.05, 0) is 25.0 Å². The second kappa shape index (κ2) is 6.61. The van der Waals surface area contributed by atoms with Crippen LogP contribution in [0, 0.1) is 0 Å². The lowest BCUT2D eigenvalue weighted by Crippen LogP contribution is -2.47. The number of nitrogens with two attached hydrogens (primary N) is 1. The van der Waals surface area contributed by atoms with E-state index in [2.05, 4.69) is 11.2 Å². The number of thioether (sulfide) groups is 1. The smallest absolute Gasteiger partial charge is 0.120 e. The van der Waals surface area contributed by atoms with E-state index in [1.165, 1.54) is 12.2 Å². The predicted octanol–water partition coefficient (Wildman–Crippen LogP) is 0.726. The highest BCUT2D eigenvalue weighted by molar-refractivity contribution is 7.98. The van der Waals surface area contributed by atoms with Crippen molar-refractivity contribution in [1.82, 2.24) is 4.90 Å². The molecule has 1 unspecified atom stereocenters. The predicted molar refractivity (Wildman–Crippen MR) is 66.0 cm³/mol. The van der Waals surface area contributed by atoms with Gasteiger partial charge in [-0.1, -0.05) is 12.2 Å². The molecule has 0 amide bonds. The molecule has 1 atom stereocenters. The van der Waals surface area contributed by atoms with Gasteiger partial charge in [-0.3, -0.25) is 4.90 Å². The zero-order chi connectivity index (χ0) is 10.4. The molecule has 0 aromatic carbocycles. The molecule has 0 bridgehead atoms. The van der Waals surface area contributed by atoms with Gasteiger partial charge in [0, 0.05) is 13.1 Å². The third-order valence-corrected chi connectivity index (χ3v) is 3.25. The van der Waals surface area contributed by atoms with Crippen molar-refractivity contribution in [2.24, 2.45) is 5.73 Å². The number of morpholine rings is 1. The first-order valence-electron chi connectivity index (χ1n) is 4.86. The summed E-state index contributed by atoms with van der Waals surface area (Å²) in [6.45, 7) is 3.75. The van der Waals surface area contributed by atoms with Crippen LogP contribution in [-0.4, -0.2) is 54.2 Å². The van der Waals surface area contributed by atoms with E-state index in [9.17, 15) is 0 Å². The summed E-state index contributed by atoms with van der Waals surface area (Å²) >= 11 is 6.81. The summed E-state index contributed by atoms with van der Waals surface area (Å²) in [7, 11) is 0. The van der Waals surface area contributed by atoms with Crippen LogP contribution in [0.2, 0.25) is 0 Å². The van der Waals surface area contributed by atoms with Crippen LogP contribution in [0.25, 0.3) is 0 Å². The molecule has 1 aliphatic rings. The average Bonchev–Trinajstić information content (AvgIpc) is 2.19. The zero-order valence-electron chi connectivity index (χ0n) is 8.57. The normalized spacial score (nSPS) is 23.6. The second-order valence-electron chi connectivity index (χ2n) is 3.41. The van der Waals surface area contributed by atoms with E-state index in [-0.39, 0.29) is 6.10 Å². The molecule has 1 saturated heterocycles. The number of nitrogens with zero attached hydrogens (tertiary/aromatic N) is 1. The van der Waals surface area contributed by atoms with Crippen molar-refractivity contribution in [3.05, 3.63) is 0 Å². The molecule has 0 saturated carbocycles. The van der Waals surface area contributed by atoms with Crippen LogP contribution in [0.1, 0.15) is 6.42 Å². The fraction of sp³-hybridized carbons (Fsp3) is 0.889. The summed E-state index contributed by atoms with van der Waals surface area (Å²) < 4.78 is 5.46. The van der Waals surface area contributed by atoms with E-state index in [4.69, 9.17) is 22.7 Å². The molecule has 1 fully saturated rings. The number of hydrogen-bond acceptors (Lipinski definition) is 4. The minimum absolute atomic E-state index is 0.0342. The molecule has 1 rings (SSSR count). The fourth-order valence-corrected chi connectivity index (χ4v) is 2.07. The van der Waals surface area contributed by atoms with Crippen molar-refractivity contribution in [2.75, 3.05) is 38.2 Å². The third-order valence-electron chi connectivity index (χ3n) is 2.29. The van der Waals surface area contributed by atoms with Gasteiger partial charge in [0.25, 0.3) is 0 Å². The van der Waals surface area contributed by atoms with Crippen molar-refractivity contribution >= 4 is 29.0 Å². The summed E-state index contributed by atoms with van der Waals surface area (Å²) in [5.41, 5.74) is 5.56. The number of hydrogen-bond donors (Lipinski definition) is 1. The number of ether oxygens (including phenoxy) is 1. The fourth-order valence-electron chi connectivity index (χ4n) is 1.51. The summed E-state index contributed by atoms with van der Waals surface area (Å²) in [5, 5.41) is 0. The van der Waals surface area contributed by atoms with Gasteiger partial charge in [-0.2, -0.15) is 11.8 Å². The van der Waals surface area contributed by atoms with Crippen molar-refractivity contribution in [3.63, 3.8) is 0 Å². The molecule has 0 aliphatic carbocycles. The molecule has 2 N–H and O–H groups in total. The maximum absolute atomic E-state index is 5.56. The van der Waals surface area contributed by atoms with E-state index in [0.717, 1.165) is 26.2 Å². The van der Waals surface area contributed by atoms with Gasteiger partial charge in [0.15, 0.2) is 0 Å². The van der Waals surface area contributed by atoms with Crippen molar-refractivity contribution < 1.29 is 4.74 Å².